The molecule has 2 amide bonds. The lowest BCUT2D eigenvalue weighted by atomic mass is 10.1. The van der Waals surface area contributed by atoms with Gasteiger partial charge in [0.1, 0.15) is 0 Å². The number of nitrogens with one attached hydrogen (secondary N) is 2. The minimum atomic E-state index is -0.222. The van der Waals surface area contributed by atoms with Crippen LogP contribution < -0.4 is 10.6 Å². The second-order valence-corrected chi connectivity index (χ2v) is 4.47. The highest BCUT2D eigenvalue weighted by Gasteiger charge is 2.10. The van der Waals surface area contributed by atoms with Crippen molar-refractivity contribution < 1.29 is 9.90 Å². The summed E-state index contributed by atoms with van der Waals surface area (Å²) in [5, 5.41) is 14.5. The third kappa shape index (κ3) is 4.04. The molecule has 4 nitrogen and oxygen atoms in total. The molecule has 0 heterocycles. The fraction of sp³-hybridized carbons (Fsp3) is 0.500. The minimum Gasteiger partial charge on any atom is -0.396 e. The molecule has 1 aromatic carbocycles. The van der Waals surface area contributed by atoms with Crippen LogP contribution in [0.5, 0.6) is 0 Å². The molecular formula is C14H22N2O2. The lowest BCUT2D eigenvalue weighted by molar-refractivity contribution is 0.241. The first-order valence-corrected chi connectivity index (χ1v) is 6.35. The molecule has 4 heteroatoms. The number of aliphatic hydroxyl groups is 1. The summed E-state index contributed by atoms with van der Waals surface area (Å²) in [6.07, 6.45) is 1.44. The van der Waals surface area contributed by atoms with Crippen LogP contribution in [0, 0.1) is 6.92 Å². The van der Waals surface area contributed by atoms with Crippen LogP contribution in [0.3, 0.4) is 0 Å². The van der Waals surface area contributed by atoms with E-state index >= 15 is 0 Å². The van der Waals surface area contributed by atoms with Crippen molar-refractivity contribution in [3.63, 3.8) is 0 Å². The minimum absolute atomic E-state index is 0.0379. The molecule has 0 bridgehead atoms. The number of hydrogen-bond acceptors (Lipinski definition) is 2. The number of para-hydroxylation sites is 1. The van der Waals surface area contributed by atoms with Crippen molar-refractivity contribution in [3.8, 4) is 0 Å². The third-order valence-corrected chi connectivity index (χ3v) is 2.92. The zero-order valence-electron chi connectivity index (χ0n) is 11.3. The van der Waals surface area contributed by atoms with Crippen molar-refractivity contribution in [1.82, 2.24) is 5.32 Å². The van der Waals surface area contributed by atoms with Crippen LogP contribution in [0.4, 0.5) is 10.5 Å². The third-order valence-electron chi connectivity index (χ3n) is 2.92. The summed E-state index contributed by atoms with van der Waals surface area (Å²) in [7, 11) is 0. The van der Waals surface area contributed by atoms with Gasteiger partial charge in [0.2, 0.25) is 0 Å². The van der Waals surface area contributed by atoms with Gasteiger partial charge >= 0.3 is 6.03 Å². The Hall–Kier alpha value is -1.55. The van der Waals surface area contributed by atoms with Crippen molar-refractivity contribution in [2.45, 2.75) is 39.7 Å². The molecule has 0 fully saturated rings. The van der Waals surface area contributed by atoms with Gasteiger partial charge in [-0.25, -0.2) is 4.79 Å². The standard InChI is InChI=1S/C14H22N2O2/c1-4-12-7-5-6-10(2)13(12)16-14(18)15-11(3)8-9-17/h5-7,11,17H,4,8-9H2,1-3H3,(H2,15,16,18)/t11-/m1/s1. The van der Waals surface area contributed by atoms with E-state index in [0.29, 0.717) is 6.42 Å². The fourth-order valence-corrected chi connectivity index (χ4v) is 1.84. The Morgan fingerprint density at radius 1 is 1.44 bits per heavy atom. The van der Waals surface area contributed by atoms with Crippen LogP contribution in [0.25, 0.3) is 0 Å². The first-order chi connectivity index (χ1) is 8.58. The van der Waals surface area contributed by atoms with Gasteiger partial charge in [-0.2, -0.15) is 0 Å². The van der Waals surface area contributed by atoms with E-state index in [1.807, 2.05) is 32.0 Å². The molecule has 1 rings (SSSR count). The van der Waals surface area contributed by atoms with Gasteiger partial charge in [0.25, 0.3) is 0 Å². The summed E-state index contributed by atoms with van der Waals surface area (Å²) in [6.45, 7) is 5.98. The average molecular weight is 250 g/mol. The van der Waals surface area contributed by atoms with Gasteiger partial charge in [-0.05, 0) is 37.8 Å². The van der Waals surface area contributed by atoms with Crippen LogP contribution in [-0.2, 0) is 6.42 Å². The van der Waals surface area contributed by atoms with Gasteiger partial charge < -0.3 is 15.7 Å². The number of carbonyl (C=O) groups is 1. The maximum atomic E-state index is 11.8. The van der Waals surface area contributed by atoms with Gasteiger partial charge in [-0.15, -0.1) is 0 Å². The van der Waals surface area contributed by atoms with Crippen LogP contribution in [-0.4, -0.2) is 23.8 Å². The Labute approximate surface area is 108 Å². The van der Waals surface area contributed by atoms with E-state index in [0.717, 1.165) is 23.2 Å². The Kier molecular flexibility index (Phi) is 5.65. The largest absolute Gasteiger partial charge is 0.396 e. The zero-order chi connectivity index (χ0) is 13.5. The maximum Gasteiger partial charge on any atom is 0.319 e. The molecule has 0 aliphatic rings. The number of carbonyl (C=O) groups excluding carboxylic acids is 1. The highest BCUT2D eigenvalue weighted by atomic mass is 16.3. The normalized spacial score (nSPS) is 12.0. The molecule has 0 radical (unpaired) electrons. The molecule has 1 aromatic rings. The first kappa shape index (κ1) is 14.5. The smallest absolute Gasteiger partial charge is 0.319 e. The van der Waals surface area contributed by atoms with E-state index in [-0.39, 0.29) is 18.7 Å². The number of anilines is 1. The number of aliphatic hydroxyl groups excluding tert-OH is 1. The van der Waals surface area contributed by atoms with E-state index in [2.05, 4.69) is 17.6 Å². The summed E-state index contributed by atoms with van der Waals surface area (Å²) in [5.74, 6) is 0. The molecule has 0 aliphatic carbocycles. The van der Waals surface area contributed by atoms with E-state index in [4.69, 9.17) is 5.11 Å². The molecule has 0 spiro atoms. The summed E-state index contributed by atoms with van der Waals surface area (Å²) in [5.41, 5.74) is 3.06. The molecule has 18 heavy (non-hydrogen) atoms. The lowest BCUT2D eigenvalue weighted by Gasteiger charge is -2.16. The maximum absolute atomic E-state index is 11.8. The number of urea groups is 1. The second-order valence-electron chi connectivity index (χ2n) is 4.47. The molecule has 0 saturated heterocycles. The second kappa shape index (κ2) is 7.01. The van der Waals surface area contributed by atoms with Gasteiger partial charge in [0.15, 0.2) is 0 Å². The number of amides is 2. The van der Waals surface area contributed by atoms with E-state index < -0.39 is 0 Å². The topological polar surface area (TPSA) is 61.4 Å². The van der Waals surface area contributed by atoms with Crippen LogP contribution >= 0.6 is 0 Å². The Bertz CT molecular complexity index is 405. The Morgan fingerprint density at radius 3 is 2.78 bits per heavy atom. The van der Waals surface area contributed by atoms with Crippen LogP contribution in [0.1, 0.15) is 31.4 Å². The lowest BCUT2D eigenvalue weighted by Crippen LogP contribution is -2.36. The van der Waals surface area contributed by atoms with E-state index in [1.54, 1.807) is 0 Å². The highest BCUT2D eigenvalue weighted by molar-refractivity contribution is 5.91. The summed E-state index contributed by atoms with van der Waals surface area (Å²) in [6, 6.07) is 5.72. The molecule has 0 saturated carbocycles. The quantitative estimate of drug-likeness (QED) is 0.751. The average Bonchev–Trinajstić information content (AvgIpc) is 2.31. The van der Waals surface area contributed by atoms with Gasteiger partial charge in [-0.3, -0.25) is 0 Å². The predicted molar refractivity (Wildman–Crippen MR) is 73.9 cm³/mol. The van der Waals surface area contributed by atoms with Crippen molar-refractivity contribution in [1.29, 1.82) is 0 Å². The van der Waals surface area contributed by atoms with Crippen molar-refractivity contribution in [3.05, 3.63) is 29.3 Å². The number of benzene rings is 1. The summed E-state index contributed by atoms with van der Waals surface area (Å²) >= 11 is 0. The number of rotatable bonds is 5. The van der Waals surface area contributed by atoms with Gasteiger partial charge in [-0.1, -0.05) is 25.1 Å². The van der Waals surface area contributed by atoms with Gasteiger partial charge in [0.05, 0.1) is 0 Å². The van der Waals surface area contributed by atoms with Crippen molar-refractivity contribution in [2.24, 2.45) is 0 Å². The monoisotopic (exact) mass is 250 g/mol. The molecule has 1 atom stereocenters. The molecule has 0 aliphatic heterocycles. The fourth-order valence-electron chi connectivity index (χ4n) is 1.84. The van der Waals surface area contributed by atoms with Crippen LogP contribution in [0.15, 0.2) is 18.2 Å². The number of aryl methyl sites for hydroxylation is 2. The molecule has 3 N–H and O–H groups in total. The molecule has 100 valence electrons. The highest BCUT2D eigenvalue weighted by Crippen LogP contribution is 2.20. The Balaban J connectivity index is 2.69. The number of hydrogen-bond donors (Lipinski definition) is 3. The summed E-state index contributed by atoms with van der Waals surface area (Å²) in [4.78, 5) is 11.8. The van der Waals surface area contributed by atoms with Crippen LogP contribution in [0.2, 0.25) is 0 Å². The predicted octanol–water partition coefficient (Wildman–Crippen LogP) is 2.45. The van der Waals surface area contributed by atoms with E-state index in [1.165, 1.54) is 0 Å². The van der Waals surface area contributed by atoms with Crippen molar-refractivity contribution in [2.75, 3.05) is 11.9 Å². The first-order valence-electron chi connectivity index (χ1n) is 6.35. The SMILES string of the molecule is CCc1cccc(C)c1NC(=O)N[C@H](C)CCO. The summed E-state index contributed by atoms with van der Waals surface area (Å²) < 4.78 is 0. The van der Waals surface area contributed by atoms with Crippen molar-refractivity contribution >= 4 is 11.7 Å². The Morgan fingerprint density at radius 2 is 2.17 bits per heavy atom. The molecular weight excluding hydrogens is 228 g/mol. The molecule has 0 unspecified atom stereocenters. The van der Waals surface area contributed by atoms with Gasteiger partial charge in [0, 0.05) is 18.3 Å². The molecule has 0 aromatic heterocycles. The zero-order valence-corrected chi connectivity index (χ0v) is 11.3. The van der Waals surface area contributed by atoms with E-state index in [9.17, 15) is 4.79 Å².